The van der Waals surface area contributed by atoms with Gasteiger partial charge in [-0.3, -0.25) is 9.59 Å². The number of hydrogen-bond acceptors (Lipinski definition) is 8. The van der Waals surface area contributed by atoms with Crippen LogP contribution in [-0.4, -0.2) is 63.9 Å². The Bertz CT molecular complexity index is 906. The average molecular weight is 385 g/mol. The summed E-state index contributed by atoms with van der Waals surface area (Å²) < 4.78 is 4.86. The van der Waals surface area contributed by atoms with Crippen molar-refractivity contribution in [1.82, 2.24) is 19.9 Å². The van der Waals surface area contributed by atoms with Gasteiger partial charge in [0.25, 0.3) is 5.91 Å². The minimum Gasteiger partial charge on any atom is -0.451 e. The summed E-state index contributed by atoms with van der Waals surface area (Å²) in [6.45, 7) is 6.93. The number of hydrogen-bond donors (Lipinski definition) is 2. The highest BCUT2D eigenvalue weighted by molar-refractivity contribution is 6.03. The summed E-state index contributed by atoms with van der Waals surface area (Å²) in [5, 5.41) is 6.21. The van der Waals surface area contributed by atoms with Crippen molar-refractivity contribution in [3.05, 3.63) is 24.0 Å². The number of oxazole rings is 1. The number of carbonyl (C=O) groups is 2. The van der Waals surface area contributed by atoms with Gasteiger partial charge in [0, 0.05) is 20.1 Å². The summed E-state index contributed by atoms with van der Waals surface area (Å²) in [5.74, 6) is 1.13. The lowest BCUT2D eigenvalue weighted by molar-refractivity contribution is -0.118. The van der Waals surface area contributed by atoms with E-state index in [-0.39, 0.29) is 29.8 Å². The Labute approximate surface area is 162 Å². The Kier molecular flexibility index (Phi) is 4.40. The third kappa shape index (κ3) is 3.04. The van der Waals surface area contributed by atoms with Crippen molar-refractivity contribution in [1.29, 1.82) is 0 Å². The van der Waals surface area contributed by atoms with E-state index in [1.807, 2.05) is 32.7 Å². The summed E-state index contributed by atoms with van der Waals surface area (Å²) >= 11 is 0. The molecule has 0 radical (unpaired) electrons. The second kappa shape index (κ2) is 6.77. The highest BCUT2D eigenvalue weighted by atomic mass is 16.3. The summed E-state index contributed by atoms with van der Waals surface area (Å²) in [6, 6.07) is -0.230. The third-order valence-corrected chi connectivity index (χ3v) is 5.12. The fourth-order valence-corrected chi connectivity index (χ4v) is 3.68. The molecule has 4 heterocycles. The van der Waals surface area contributed by atoms with Crippen LogP contribution in [0.15, 0.2) is 17.1 Å². The topological polar surface area (TPSA) is 116 Å². The molecule has 0 aliphatic carbocycles. The second-order valence-corrected chi connectivity index (χ2v) is 7.55. The molecule has 1 saturated heterocycles. The molecular weight excluding hydrogens is 362 g/mol. The zero-order valence-corrected chi connectivity index (χ0v) is 16.3. The molecule has 2 N–H and O–H groups in total. The predicted molar refractivity (Wildman–Crippen MR) is 102 cm³/mol. The Morgan fingerprint density at radius 2 is 2.11 bits per heavy atom. The molecule has 2 aromatic heterocycles. The fourth-order valence-electron chi connectivity index (χ4n) is 3.68. The fraction of sp³-hybridized carbons (Fsp3) is 0.500. The van der Waals surface area contributed by atoms with Crippen LogP contribution in [0.3, 0.4) is 0 Å². The lowest BCUT2D eigenvalue weighted by Gasteiger charge is -2.40. The molecule has 1 unspecified atom stereocenters. The minimum absolute atomic E-state index is 0.0431. The second-order valence-electron chi connectivity index (χ2n) is 7.55. The standard InChI is InChI=1S/C18H23N7O3/c1-9(2)14-16(26)22-13-10(3)20-18(23-15(13)24(14)4)21-11-5-25(6-11)17(27)12-7-28-8-19-12/h7-9,11,14H,5-6H2,1-4H3,(H,22,26)(H,20,21,23). The smallest absolute Gasteiger partial charge is 0.275 e. The van der Waals surface area contributed by atoms with E-state index in [4.69, 9.17) is 4.42 Å². The van der Waals surface area contributed by atoms with Crippen molar-refractivity contribution in [3.8, 4) is 0 Å². The zero-order chi connectivity index (χ0) is 20.0. The molecule has 0 aromatic carbocycles. The van der Waals surface area contributed by atoms with Crippen molar-refractivity contribution in [2.24, 2.45) is 5.92 Å². The minimum atomic E-state index is -0.283. The highest BCUT2D eigenvalue weighted by Gasteiger charge is 2.36. The molecule has 1 fully saturated rings. The van der Waals surface area contributed by atoms with Crippen molar-refractivity contribution >= 4 is 29.3 Å². The first-order chi connectivity index (χ1) is 13.3. The number of fused-ring (bicyclic) bond motifs is 1. The maximum Gasteiger partial charge on any atom is 0.275 e. The van der Waals surface area contributed by atoms with Gasteiger partial charge < -0.3 is 24.9 Å². The number of aryl methyl sites for hydroxylation is 1. The van der Waals surface area contributed by atoms with Gasteiger partial charge in [-0.05, 0) is 12.8 Å². The van der Waals surface area contributed by atoms with E-state index in [1.54, 1.807) is 4.90 Å². The molecule has 2 aliphatic heterocycles. The Morgan fingerprint density at radius 1 is 1.36 bits per heavy atom. The first-order valence-corrected chi connectivity index (χ1v) is 9.21. The van der Waals surface area contributed by atoms with Crippen LogP contribution < -0.4 is 15.5 Å². The number of likely N-dealkylation sites (N-methyl/N-ethyl adjacent to an activating group) is 1. The van der Waals surface area contributed by atoms with Gasteiger partial charge in [-0.25, -0.2) is 9.97 Å². The molecule has 4 rings (SSSR count). The Balaban J connectivity index is 1.47. The molecule has 0 saturated carbocycles. The van der Waals surface area contributed by atoms with Crippen LogP contribution in [-0.2, 0) is 4.79 Å². The van der Waals surface area contributed by atoms with Crippen LogP contribution in [0, 0.1) is 12.8 Å². The normalized spacial score (nSPS) is 19.3. The first-order valence-electron chi connectivity index (χ1n) is 9.21. The van der Waals surface area contributed by atoms with E-state index < -0.39 is 0 Å². The van der Waals surface area contributed by atoms with Gasteiger partial charge in [0.05, 0.1) is 11.7 Å². The van der Waals surface area contributed by atoms with E-state index in [1.165, 1.54) is 12.7 Å². The van der Waals surface area contributed by atoms with Gasteiger partial charge in [-0.2, -0.15) is 4.98 Å². The van der Waals surface area contributed by atoms with Gasteiger partial charge in [-0.1, -0.05) is 13.8 Å². The maximum atomic E-state index is 12.4. The molecule has 2 aromatic rings. The van der Waals surface area contributed by atoms with Crippen LogP contribution in [0.4, 0.5) is 17.5 Å². The number of rotatable bonds is 4. The third-order valence-electron chi connectivity index (χ3n) is 5.12. The molecule has 0 bridgehead atoms. The molecule has 10 nitrogen and oxygen atoms in total. The molecule has 1 atom stereocenters. The monoisotopic (exact) mass is 385 g/mol. The van der Waals surface area contributed by atoms with E-state index in [9.17, 15) is 9.59 Å². The van der Waals surface area contributed by atoms with Crippen molar-refractivity contribution in [3.63, 3.8) is 0 Å². The first kappa shape index (κ1) is 18.2. The number of likely N-dealkylation sites (tertiary alicyclic amines) is 1. The molecule has 2 amide bonds. The molecule has 2 aliphatic rings. The summed E-state index contributed by atoms with van der Waals surface area (Å²) in [4.78, 5) is 41.2. The van der Waals surface area contributed by atoms with Gasteiger partial charge >= 0.3 is 0 Å². The number of anilines is 3. The maximum absolute atomic E-state index is 12.4. The lowest BCUT2D eigenvalue weighted by atomic mass is 9.99. The summed E-state index contributed by atoms with van der Waals surface area (Å²) in [5.41, 5.74) is 1.65. The van der Waals surface area contributed by atoms with Crippen molar-refractivity contribution < 1.29 is 14.0 Å². The lowest BCUT2D eigenvalue weighted by Crippen LogP contribution is -2.57. The number of carbonyl (C=O) groups excluding carboxylic acids is 2. The molecule has 148 valence electrons. The number of nitrogens with zero attached hydrogens (tertiary/aromatic N) is 5. The highest BCUT2D eigenvalue weighted by Crippen LogP contribution is 2.34. The van der Waals surface area contributed by atoms with E-state index >= 15 is 0 Å². The zero-order valence-electron chi connectivity index (χ0n) is 16.3. The van der Waals surface area contributed by atoms with Gasteiger partial charge in [0.15, 0.2) is 17.9 Å². The summed E-state index contributed by atoms with van der Waals surface area (Å²) in [7, 11) is 1.88. The van der Waals surface area contributed by atoms with Gasteiger partial charge in [0.1, 0.15) is 18.0 Å². The predicted octanol–water partition coefficient (Wildman–Crippen LogP) is 1.12. The van der Waals surface area contributed by atoms with Crippen LogP contribution in [0.25, 0.3) is 0 Å². The van der Waals surface area contributed by atoms with Gasteiger partial charge in [0.2, 0.25) is 11.9 Å². The number of amides is 2. The van der Waals surface area contributed by atoms with Gasteiger partial charge in [-0.15, -0.1) is 0 Å². The molecule has 0 spiro atoms. The van der Waals surface area contributed by atoms with Crippen LogP contribution in [0.5, 0.6) is 0 Å². The largest absolute Gasteiger partial charge is 0.451 e. The number of nitrogens with one attached hydrogen (secondary N) is 2. The SMILES string of the molecule is Cc1nc(NC2CN(C(=O)c3cocn3)C2)nc2c1NC(=O)C(C(C)C)N2C. The van der Waals surface area contributed by atoms with E-state index in [0.29, 0.717) is 41.9 Å². The Morgan fingerprint density at radius 3 is 2.75 bits per heavy atom. The average Bonchev–Trinajstić information content (AvgIpc) is 3.12. The molecule has 10 heteroatoms. The number of aromatic nitrogens is 3. The van der Waals surface area contributed by atoms with E-state index in [0.717, 1.165) is 0 Å². The van der Waals surface area contributed by atoms with Crippen LogP contribution in [0.1, 0.15) is 30.0 Å². The summed E-state index contributed by atoms with van der Waals surface area (Å²) in [6.07, 6.45) is 2.58. The van der Waals surface area contributed by atoms with Crippen molar-refractivity contribution in [2.45, 2.75) is 32.9 Å². The quantitative estimate of drug-likeness (QED) is 0.804. The molecular formula is C18H23N7O3. The van der Waals surface area contributed by atoms with Crippen LogP contribution in [0.2, 0.25) is 0 Å². The van der Waals surface area contributed by atoms with Crippen LogP contribution >= 0.6 is 0 Å². The van der Waals surface area contributed by atoms with Crippen molar-refractivity contribution in [2.75, 3.05) is 35.7 Å². The molecule has 28 heavy (non-hydrogen) atoms. The Hall–Kier alpha value is -3.17. The van der Waals surface area contributed by atoms with E-state index in [2.05, 4.69) is 25.6 Å².